The summed E-state index contributed by atoms with van der Waals surface area (Å²) in [5.41, 5.74) is 8.15. The highest BCUT2D eigenvalue weighted by atomic mass is 15.1. The van der Waals surface area contributed by atoms with Crippen molar-refractivity contribution >= 4 is 29.5 Å². The molecule has 40 heavy (non-hydrogen) atoms. The van der Waals surface area contributed by atoms with Gasteiger partial charge in [0, 0.05) is 58.5 Å². The van der Waals surface area contributed by atoms with Gasteiger partial charge in [0.2, 0.25) is 0 Å². The van der Waals surface area contributed by atoms with Crippen molar-refractivity contribution in [2.75, 3.05) is 44.5 Å². The van der Waals surface area contributed by atoms with Gasteiger partial charge in [-0.25, -0.2) is 0 Å². The topological polar surface area (TPSA) is 31.2 Å². The summed E-state index contributed by atoms with van der Waals surface area (Å²) in [5.74, 6) is 1.76. The van der Waals surface area contributed by atoms with Gasteiger partial charge in [-0.3, -0.25) is 9.98 Å². The van der Waals surface area contributed by atoms with Gasteiger partial charge in [-0.15, -0.1) is 0 Å². The molecule has 0 aliphatic heterocycles. The summed E-state index contributed by atoms with van der Waals surface area (Å²) in [6.45, 7) is 0.939. The van der Waals surface area contributed by atoms with Crippen LogP contribution in [0, 0.1) is 17.3 Å². The molecule has 4 aliphatic carbocycles. The summed E-state index contributed by atoms with van der Waals surface area (Å²) in [5, 5.41) is 0. The average molecular weight is 533 g/mol. The Kier molecular flexibility index (Phi) is 7.29. The van der Waals surface area contributed by atoms with Crippen molar-refractivity contribution in [2.45, 2.75) is 50.4 Å². The zero-order valence-corrected chi connectivity index (χ0v) is 24.7. The van der Waals surface area contributed by atoms with E-state index in [-0.39, 0.29) is 0 Å². The molecule has 3 aromatic rings. The molecule has 0 spiro atoms. The highest BCUT2D eigenvalue weighted by Crippen LogP contribution is 2.66. The van der Waals surface area contributed by atoms with Crippen molar-refractivity contribution in [1.82, 2.24) is 0 Å². The zero-order chi connectivity index (χ0) is 27.7. The van der Waals surface area contributed by atoms with E-state index in [1.165, 1.54) is 61.9 Å². The molecule has 0 amide bonds. The highest BCUT2D eigenvalue weighted by molar-refractivity contribution is 5.82. The van der Waals surface area contributed by atoms with Gasteiger partial charge in [-0.05, 0) is 121 Å². The maximum atomic E-state index is 4.90. The minimum atomic E-state index is 0.347. The Bertz CT molecular complexity index is 1340. The lowest BCUT2D eigenvalue weighted by atomic mass is 9.42. The van der Waals surface area contributed by atoms with Crippen molar-refractivity contribution in [1.29, 1.82) is 0 Å². The number of hydrogen-bond donors (Lipinski definition) is 0. The largest absolute Gasteiger partial charge is 0.378 e. The van der Waals surface area contributed by atoms with E-state index < -0.39 is 0 Å². The average Bonchev–Trinajstić information content (AvgIpc) is 2.94. The first-order valence-corrected chi connectivity index (χ1v) is 15.0. The van der Waals surface area contributed by atoms with Crippen LogP contribution in [0.2, 0.25) is 0 Å². The lowest BCUT2D eigenvalue weighted by molar-refractivity contribution is -0.0748. The lowest BCUT2D eigenvalue weighted by Gasteiger charge is -2.62. The molecule has 4 fully saturated rings. The second-order valence-corrected chi connectivity index (χ2v) is 13.3. The molecule has 4 heteroatoms. The number of anilines is 2. The van der Waals surface area contributed by atoms with Crippen LogP contribution in [0.3, 0.4) is 0 Å². The minimum Gasteiger partial charge on any atom is -0.378 e. The van der Waals surface area contributed by atoms with Gasteiger partial charge in [0.05, 0.1) is 5.69 Å². The molecule has 0 saturated heterocycles. The third-order valence-electron chi connectivity index (χ3n) is 9.86. The molecule has 4 atom stereocenters. The summed E-state index contributed by atoms with van der Waals surface area (Å²) in [7, 11) is 8.29. The Balaban J connectivity index is 1.12. The molecule has 4 aliphatic rings. The molecule has 3 aromatic carbocycles. The fourth-order valence-electron chi connectivity index (χ4n) is 8.32. The van der Waals surface area contributed by atoms with Crippen LogP contribution < -0.4 is 9.80 Å². The molecule has 4 nitrogen and oxygen atoms in total. The highest BCUT2D eigenvalue weighted by Gasteiger charge is 2.57. The number of aliphatic imine (C=N–C) groups is 2. The maximum absolute atomic E-state index is 4.90. The van der Waals surface area contributed by atoms with E-state index in [0.29, 0.717) is 10.8 Å². The summed E-state index contributed by atoms with van der Waals surface area (Å²) in [4.78, 5) is 13.9. The van der Waals surface area contributed by atoms with Crippen molar-refractivity contribution < 1.29 is 0 Å². The molecular weight excluding hydrogens is 488 g/mol. The first-order chi connectivity index (χ1) is 19.3. The SMILES string of the molecule is CN(C)c1ccc(C=NCCC23C[C@H]4C[C@@H](C2)CC(c2ccc(N=Cc5ccc(N(C)C)cc5)cc2)(C4)C3)cc1. The Morgan fingerprint density at radius 2 is 1.25 bits per heavy atom. The molecule has 208 valence electrons. The predicted molar refractivity (Wildman–Crippen MR) is 171 cm³/mol. The first kappa shape index (κ1) is 26.8. The van der Waals surface area contributed by atoms with E-state index in [1.54, 1.807) is 5.56 Å². The molecule has 0 radical (unpaired) electrons. The Morgan fingerprint density at radius 3 is 1.80 bits per heavy atom. The van der Waals surface area contributed by atoms with Gasteiger partial charge >= 0.3 is 0 Å². The molecule has 2 unspecified atom stereocenters. The van der Waals surface area contributed by atoms with Crippen LogP contribution >= 0.6 is 0 Å². The van der Waals surface area contributed by atoms with Crippen LogP contribution in [0.5, 0.6) is 0 Å². The van der Waals surface area contributed by atoms with E-state index in [9.17, 15) is 0 Å². The van der Waals surface area contributed by atoms with Crippen LogP contribution in [-0.2, 0) is 5.41 Å². The lowest BCUT2D eigenvalue weighted by Crippen LogP contribution is -2.54. The van der Waals surface area contributed by atoms with Crippen LogP contribution in [0.4, 0.5) is 17.1 Å². The van der Waals surface area contributed by atoms with Crippen LogP contribution in [0.15, 0.2) is 82.8 Å². The Morgan fingerprint density at radius 1 is 0.700 bits per heavy atom. The molecule has 0 N–H and O–H groups in total. The van der Waals surface area contributed by atoms with Crippen LogP contribution in [-0.4, -0.2) is 47.2 Å². The zero-order valence-electron chi connectivity index (χ0n) is 24.7. The second kappa shape index (κ2) is 10.9. The Hall–Kier alpha value is -3.40. The molecule has 4 bridgehead atoms. The second-order valence-electron chi connectivity index (χ2n) is 13.3. The van der Waals surface area contributed by atoms with Crippen molar-refractivity contribution in [3.63, 3.8) is 0 Å². The molecule has 7 rings (SSSR count). The van der Waals surface area contributed by atoms with Gasteiger partial charge in [0.1, 0.15) is 0 Å². The predicted octanol–water partition coefficient (Wildman–Crippen LogP) is 7.92. The van der Waals surface area contributed by atoms with Gasteiger partial charge in [-0.1, -0.05) is 36.4 Å². The van der Waals surface area contributed by atoms with Gasteiger partial charge < -0.3 is 9.80 Å². The minimum absolute atomic E-state index is 0.347. The summed E-state index contributed by atoms with van der Waals surface area (Å²) in [6, 6.07) is 26.5. The van der Waals surface area contributed by atoms with Gasteiger partial charge in [-0.2, -0.15) is 0 Å². The number of nitrogens with zero attached hydrogens (tertiary/aromatic N) is 4. The van der Waals surface area contributed by atoms with Crippen molar-refractivity contribution in [3.05, 3.63) is 89.5 Å². The third-order valence-corrected chi connectivity index (χ3v) is 9.86. The van der Waals surface area contributed by atoms with E-state index in [2.05, 4.69) is 117 Å². The molecular formula is C36H44N4. The van der Waals surface area contributed by atoms with Gasteiger partial charge in [0.25, 0.3) is 0 Å². The summed E-state index contributed by atoms with van der Waals surface area (Å²) < 4.78 is 0. The normalized spacial score (nSPS) is 27.1. The standard InChI is InChI=1S/C36H44N4/c1-39(2)33-13-5-27(6-14-33)24-37-18-17-35-20-29-19-30(21-35)23-36(22-29,26-35)31-9-11-32(12-10-31)38-25-28-7-15-34(16-8-28)40(3)4/h5-16,24-25,29-30H,17-23,26H2,1-4H3/t29-,30+,35?,36?. The van der Waals surface area contributed by atoms with Crippen LogP contribution in [0.1, 0.15) is 61.6 Å². The fraction of sp³-hybridized carbons (Fsp3) is 0.444. The van der Waals surface area contributed by atoms with Gasteiger partial charge in [0.15, 0.2) is 0 Å². The molecule has 4 saturated carbocycles. The van der Waals surface area contributed by atoms with Crippen molar-refractivity contribution in [2.24, 2.45) is 27.2 Å². The number of benzene rings is 3. The van der Waals surface area contributed by atoms with Crippen molar-refractivity contribution in [3.8, 4) is 0 Å². The maximum Gasteiger partial charge on any atom is 0.0630 e. The number of hydrogen-bond acceptors (Lipinski definition) is 4. The van der Waals surface area contributed by atoms with E-state index >= 15 is 0 Å². The molecule has 0 aromatic heterocycles. The molecule has 0 heterocycles. The Labute approximate surface area is 240 Å². The van der Waals surface area contributed by atoms with Crippen LogP contribution in [0.25, 0.3) is 0 Å². The van der Waals surface area contributed by atoms with E-state index in [4.69, 9.17) is 9.98 Å². The smallest absolute Gasteiger partial charge is 0.0630 e. The summed E-state index contributed by atoms with van der Waals surface area (Å²) in [6.07, 6.45) is 13.6. The summed E-state index contributed by atoms with van der Waals surface area (Å²) >= 11 is 0. The van der Waals surface area contributed by atoms with E-state index in [0.717, 1.165) is 29.6 Å². The monoisotopic (exact) mass is 532 g/mol. The first-order valence-electron chi connectivity index (χ1n) is 15.0. The number of rotatable bonds is 9. The third kappa shape index (κ3) is 5.59. The fourth-order valence-corrected chi connectivity index (χ4v) is 8.32. The quantitative estimate of drug-likeness (QED) is 0.262. The van der Waals surface area contributed by atoms with E-state index in [1.807, 2.05) is 6.21 Å².